The van der Waals surface area contributed by atoms with Gasteiger partial charge >= 0.3 is 0 Å². The second-order valence-electron chi connectivity index (χ2n) is 6.70. The maximum Gasteiger partial charge on any atom is 0.250 e. The number of carbonyl (C=O) groups excluding carboxylic acids is 1. The highest BCUT2D eigenvalue weighted by molar-refractivity contribution is 7.15. The third-order valence-corrected chi connectivity index (χ3v) is 5.89. The molecule has 31 heavy (non-hydrogen) atoms. The number of aryl methyl sites for hydroxylation is 1. The first kappa shape index (κ1) is 20.9. The minimum absolute atomic E-state index is 0.258. The van der Waals surface area contributed by atoms with Gasteiger partial charge in [0.25, 0.3) is 0 Å². The number of hydrogen-bond donors (Lipinski definition) is 1. The summed E-state index contributed by atoms with van der Waals surface area (Å²) in [7, 11) is 0. The Bertz CT molecular complexity index is 1190. The summed E-state index contributed by atoms with van der Waals surface area (Å²) in [4.78, 5) is 16.6. The van der Waals surface area contributed by atoms with Crippen LogP contribution >= 0.6 is 22.7 Å². The fraction of sp³-hybridized carbons (Fsp3) is 0.130. The first-order valence-electron chi connectivity index (χ1n) is 9.63. The Balaban J connectivity index is 1.31. The Morgan fingerprint density at radius 1 is 1.13 bits per heavy atom. The molecular weight excluding hydrogens is 428 g/mol. The van der Waals surface area contributed by atoms with E-state index in [1.54, 1.807) is 17.4 Å². The summed E-state index contributed by atoms with van der Waals surface area (Å²) in [5.41, 5.74) is 2.93. The molecule has 2 heterocycles. The Morgan fingerprint density at radius 3 is 2.81 bits per heavy atom. The van der Waals surface area contributed by atoms with Gasteiger partial charge in [0.15, 0.2) is 0 Å². The SMILES string of the molecule is Cc1nc(COc2cccc(/C=C/C(=O)Nc3nnc(Cc4ccccc4)s3)c2)cs1. The van der Waals surface area contributed by atoms with E-state index in [4.69, 9.17) is 4.74 Å². The summed E-state index contributed by atoms with van der Waals surface area (Å²) >= 11 is 2.97. The van der Waals surface area contributed by atoms with E-state index in [-0.39, 0.29) is 5.91 Å². The van der Waals surface area contributed by atoms with Gasteiger partial charge in [-0.25, -0.2) is 4.98 Å². The number of amides is 1. The van der Waals surface area contributed by atoms with Crippen molar-refractivity contribution in [2.75, 3.05) is 5.32 Å². The second kappa shape index (κ2) is 10.1. The molecule has 0 bridgehead atoms. The quantitative estimate of drug-likeness (QED) is 0.378. The van der Waals surface area contributed by atoms with E-state index in [0.29, 0.717) is 18.2 Å². The third-order valence-electron chi connectivity index (χ3n) is 4.23. The maximum atomic E-state index is 12.3. The Kier molecular flexibility index (Phi) is 6.81. The van der Waals surface area contributed by atoms with Crippen LogP contribution in [0.3, 0.4) is 0 Å². The fourth-order valence-corrected chi connectivity index (χ4v) is 4.18. The predicted octanol–water partition coefficient (Wildman–Crippen LogP) is 5.12. The van der Waals surface area contributed by atoms with Crippen molar-refractivity contribution in [3.63, 3.8) is 0 Å². The van der Waals surface area contributed by atoms with E-state index in [1.165, 1.54) is 17.4 Å². The highest BCUT2D eigenvalue weighted by Gasteiger charge is 2.07. The fourth-order valence-electron chi connectivity index (χ4n) is 2.80. The summed E-state index contributed by atoms with van der Waals surface area (Å²) in [5, 5.41) is 15.3. The Labute approximate surface area is 188 Å². The van der Waals surface area contributed by atoms with Crippen molar-refractivity contribution < 1.29 is 9.53 Å². The molecule has 0 unspecified atom stereocenters. The van der Waals surface area contributed by atoms with Crippen molar-refractivity contribution >= 4 is 39.8 Å². The molecule has 4 rings (SSSR count). The van der Waals surface area contributed by atoms with Crippen LogP contribution in [0.15, 0.2) is 66.1 Å². The van der Waals surface area contributed by atoms with Crippen molar-refractivity contribution in [3.05, 3.63) is 92.9 Å². The largest absolute Gasteiger partial charge is 0.487 e. The molecule has 0 spiro atoms. The number of nitrogens with one attached hydrogen (secondary N) is 1. The maximum absolute atomic E-state index is 12.3. The van der Waals surface area contributed by atoms with E-state index in [9.17, 15) is 4.79 Å². The molecular formula is C23H20N4O2S2. The average Bonchev–Trinajstić information content (AvgIpc) is 3.40. The molecule has 4 aromatic rings. The third kappa shape index (κ3) is 6.31. The molecule has 0 aliphatic heterocycles. The van der Waals surface area contributed by atoms with Crippen LogP contribution in [-0.4, -0.2) is 21.1 Å². The first-order valence-corrected chi connectivity index (χ1v) is 11.3. The predicted molar refractivity (Wildman–Crippen MR) is 124 cm³/mol. The van der Waals surface area contributed by atoms with Crippen LogP contribution in [0, 0.1) is 6.92 Å². The van der Waals surface area contributed by atoms with E-state index in [2.05, 4.69) is 20.5 Å². The van der Waals surface area contributed by atoms with Crippen LogP contribution in [0.2, 0.25) is 0 Å². The lowest BCUT2D eigenvalue weighted by atomic mass is 10.2. The molecule has 0 fully saturated rings. The van der Waals surface area contributed by atoms with Gasteiger partial charge in [-0.05, 0) is 36.3 Å². The van der Waals surface area contributed by atoms with Crippen LogP contribution in [0.25, 0.3) is 6.08 Å². The molecule has 156 valence electrons. The van der Waals surface area contributed by atoms with Crippen molar-refractivity contribution in [1.29, 1.82) is 0 Å². The van der Waals surface area contributed by atoms with Crippen molar-refractivity contribution in [2.24, 2.45) is 0 Å². The molecule has 8 heteroatoms. The lowest BCUT2D eigenvalue weighted by Crippen LogP contribution is -2.07. The summed E-state index contributed by atoms with van der Waals surface area (Å²) in [5.74, 6) is 0.467. The van der Waals surface area contributed by atoms with Gasteiger partial charge in [0, 0.05) is 17.9 Å². The lowest BCUT2D eigenvalue weighted by molar-refractivity contribution is -0.111. The van der Waals surface area contributed by atoms with Crippen LogP contribution in [0.5, 0.6) is 5.75 Å². The van der Waals surface area contributed by atoms with Crippen molar-refractivity contribution in [1.82, 2.24) is 15.2 Å². The Morgan fingerprint density at radius 2 is 2.00 bits per heavy atom. The van der Waals surface area contributed by atoms with E-state index in [1.807, 2.05) is 66.9 Å². The number of aromatic nitrogens is 3. The van der Waals surface area contributed by atoms with Gasteiger partial charge in [0.1, 0.15) is 17.4 Å². The van der Waals surface area contributed by atoms with Crippen LogP contribution in [0.4, 0.5) is 5.13 Å². The van der Waals surface area contributed by atoms with Crippen LogP contribution < -0.4 is 10.1 Å². The zero-order valence-electron chi connectivity index (χ0n) is 16.8. The van der Waals surface area contributed by atoms with Gasteiger partial charge in [-0.1, -0.05) is 53.8 Å². The van der Waals surface area contributed by atoms with Gasteiger partial charge in [0.05, 0.1) is 10.7 Å². The van der Waals surface area contributed by atoms with E-state index in [0.717, 1.165) is 32.6 Å². The summed E-state index contributed by atoms with van der Waals surface area (Å²) in [6.07, 6.45) is 3.90. The topological polar surface area (TPSA) is 77.0 Å². The van der Waals surface area contributed by atoms with Crippen LogP contribution in [0.1, 0.15) is 26.8 Å². The minimum atomic E-state index is -0.258. The number of thiazole rings is 1. The molecule has 0 aliphatic rings. The number of ether oxygens (including phenoxy) is 1. The molecule has 0 saturated heterocycles. The number of nitrogens with zero attached hydrogens (tertiary/aromatic N) is 3. The average molecular weight is 449 g/mol. The number of anilines is 1. The second-order valence-corrected chi connectivity index (χ2v) is 8.83. The zero-order valence-corrected chi connectivity index (χ0v) is 18.5. The molecule has 0 saturated carbocycles. The molecule has 1 amide bonds. The molecule has 2 aromatic carbocycles. The molecule has 6 nitrogen and oxygen atoms in total. The van der Waals surface area contributed by atoms with Gasteiger partial charge in [-0.3, -0.25) is 10.1 Å². The van der Waals surface area contributed by atoms with E-state index < -0.39 is 0 Å². The first-order chi connectivity index (χ1) is 15.1. The number of hydrogen-bond acceptors (Lipinski definition) is 7. The number of rotatable bonds is 8. The molecule has 0 aliphatic carbocycles. The number of benzene rings is 2. The van der Waals surface area contributed by atoms with Gasteiger partial charge in [-0.15, -0.1) is 21.5 Å². The van der Waals surface area contributed by atoms with Crippen molar-refractivity contribution in [2.45, 2.75) is 20.0 Å². The lowest BCUT2D eigenvalue weighted by Gasteiger charge is -2.05. The van der Waals surface area contributed by atoms with Gasteiger partial charge in [0.2, 0.25) is 11.0 Å². The molecule has 0 radical (unpaired) electrons. The van der Waals surface area contributed by atoms with Gasteiger partial charge in [-0.2, -0.15) is 0 Å². The van der Waals surface area contributed by atoms with E-state index >= 15 is 0 Å². The summed E-state index contributed by atoms with van der Waals surface area (Å²) in [6.45, 7) is 2.39. The molecule has 1 N–H and O–H groups in total. The summed E-state index contributed by atoms with van der Waals surface area (Å²) < 4.78 is 5.79. The Hall–Kier alpha value is -3.36. The number of carbonyl (C=O) groups is 1. The molecule has 0 atom stereocenters. The smallest absolute Gasteiger partial charge is 0.250 e. The van der Waals surface area contributed by atoms with Crippen molar-refractivity contribution in [3.8, 4) is 5.75 Å². The highest BCUT2D eigenvalue weighted by atomic mass is 32.1. The zero-order chi connectivity index (χ0) is 21.5. The minimum Gasteiger partial charge on any atom is -0.487 e. The summed E-state index contributed by atoms with van der Waals surface area (Å²) in [6, 6.07) is 17.6. The monoisotopic (exact) mass is 448 g/mol. The van der Waals surface area contributed by atoms with Crippen LogP contribution in [-0.2, 0) is 17.8 Å². The highest BCUT2D eigenvalue weighted by Crippen LogP contribution is 2.19. The normalized spacial score (nSPS) is 11.0. The standard InChI is InChI=1S/C23H20N4O2S2/c1-16-24-19(15-30-16)14-29-20-9-5-8-18(12-20)10-11-21(28)25-23-27-26-22(31-23)13-17-6-3-2-4-7-17/h2-12,15H,13-14H2,1H3,(H,25,27,28)/b11-10+. The van der Waals surface area contributed by atoms with Gasteiger partial charge < -0.3 is 4.74 Å². The molecule has 2 aromatic heterocycles.